The maximum Gasteiger partial charge on any atom is 0.133 e. The third-order valence-electron chi connectivity index (χ3n) is 2.88. The zero-order chi connectivity index (χ0) is 14.7. The first-order valence-electron chi connectivity index (χ1n) is 6.60. The average Bonchev–Trinajstić information content (AvgIpc) is 2.75. The van der Waals surface area contributed by atoms with Crippen molar-refractivity contribution in [1.29, 1.82) is 0 Å². The molecule has 108 valence electrons. The molecule has 0 amide bonds. The third kappa shape index (κ3) is 3.57. The SMILES string of the molecule is CNCc1sc(-c2cc(Cl)ccc2F)nc1CC(C)C. The molecule has 20 heavy (non-hydrogen) atoms. The Morgan fingerprint density at radius 3 is 2.80 bits per heavy atom. The van der Waals surface area contributed by atoms with E-state index in [-0.39, 0.29) is 5.82 Å². The molecular weight excluding hydrogens is 295 g/mol. The maximum atomic E-state index is 13.9. The van der Waals surface area contributed by atoms with Gasteiger partial charge in [0, 0.05) is 22.0 Å². The minimum absolute atomic E-state index is 0.282. The molecule has 1 heterocycles. The lowest BCUT2D eigenvalue weighted by Gasteiger charge is -2.03. The van der Waals surface area contributed by atoms with Gasteiger partial charge in [0.25, 0.3) is 0 Å². The summed E-state index contributed by atoms with van der Waals surface area (Å²) in [4.78, 5) is 5.78. The van der Waals surface area contributed by atoms with Gasteiger partial charge in [0.1, 0.15) is 10.8 Å². The van der Waals surface area contributed by atoms with Crippen molar-refractivity contribution in [1.82, 2.24) is 10.3 Å². The average molecular weight is 313 g/mol. The molecule has 2 rings (SSSR count). The Kier molecular flexibility index (Phi) is 5.13. The van der Waals surface area contributed by atoms with E-state index in [9.17, 15) is 4.39 Å². The molecule has 0 radical (unpaired) electrons. The second kappa shape index (κ2) is 6.66. The van der Waals surface area contributed by atoms with Crippen LogP contribution in [0.3, 0.4) is 0 Å². The largest absolute Gasteiger partial charge is 0.315 e. The summed E-state index contributed by atoms with van der Waals surface area (Å²) in [5, 5.41) is 4.36. The van der Waals surface area contributed by atoms with Gasteiger partial charge < -0.3 is 5.32 Å². The Morgan fingerprint density at radius 2 is 2.15 bits per heavy atom. The molecule has 0 saturated carbocycles. The smallest absolute Gasteiger partial charge is 0.133 e. The molecule has 0 fully saturated rings. The van der Waals surface area contributed by atoms with Gasteiger partial charge in [0.05, 0.1) is 5.69 Å². The maximum absolute atomic E-state index is 13.9. The van der Waals surface area contributed by atoms with Gasteiger partial charge in [-0.25, -0.2) is 9.37 Å². The molecule has 2 aromatic rings. The highest BCUT2D eigenvalue weighted by Gasteiger charge is 2.16. The minimum Gasteiger partial charge on any atom is -0.315 e. The van der Waals surface area contributed by atoms with Crippen LogP contribution < -0.4 is 5.32 Å². The molecule has 0 unspecified atom stereocenters. The normalized spacial score (nSPS) is 11.3. The van der Waals surface area contributed by atoms with E-state index in [1.54, 1.807) is 12.1 Å². The van der Waals surface area contributed by atoms with E-state index in [1.807, 2.05) is 7.05 Å². The van der Waals surface area contributed by atoms with Crippen molar-refractivity contribution < 1.29 is 4.39 Å². The van der Waals surface area contributed by atoms with Crippen molar-refractivity contribution in [3.8, 4) is 10.6 Å². The number of thiazole rings is 1. The van der Waals surface area contributed by atoms with Gasteiger partial charge in [-0.1, -0.05) is 25.4 Å². The van der Waals surface area contributed by atoms with Crippen molar-refractivity contribution in [3.63, 3.8) is 0 Å². The Morgan fingerprint density at radius 1 is 1.40 bits per heavy atom. The molecule has 1 aromatic carbocycles. The molecule has 0 spiro atoms. The predicted molar refractivity (Wildman–Crippen MR) is 83.8 cm³/mol. The quantitative estimate of drug-likeness (QED) is 0.878. The van der Waals surface area contributed by atoms with Crippen LogP contribution in [-0.2, 0) is 13.0 Å². The first-order chi connectivity index (χ1) is 9.51. The molecule has 2 nitrogen and oxygen atoms in total. The van der Waals surface area contributed by atoms with E-state index in [4.69, 9.17) is 11.6 Å². The summed E-state index contributed by atoms with van der Waals surface area (Å²) >= 11 is 7.49. The van der Waals surface area contributed by atoms with Crippen LogP contribution >= 0.6 is 22.9 Å². The van der Waals surface area contributed by atoms with Crippen LogP contribution in [0.5, 0.6) is 0 Å². The summed E-state index contributed by atoms with van der Waals surface area (Å²) in [5.74, 6) is 0.236. The predicted octanol–water partition coefficient (Wildman–Crippen LogP) is 4.52. The number of nitrogens with zero attached hydrogens (tertiary/aromatic N) is 1. The molecule has 0 aliphatic rings. The van der Waals surface area contributed by atoms with E-state index in [0.717, 1.165) is 23.5 Å². The molecule has 0 aliphatic carbocycles. The number of aromatic nitrogens is 1. The summed E-state index contributed by atoms with van der Waals surface area (Å²) in [6, 6.07) is 4.58. The van der Waals surface area contributed by atoms with Crippen LogP contribution in [0.1, 0.15) is 24.4 Å². The van der Waals surface area contributed by atoms with Gasteiger partial charge in [-0.05, 0) is 37.6 Å². The van der Waals surface area contributed by atoms with Crippen molar-refractivity contribution in [2.24, 2.45) is 5.92 Å². The number of rotatable bonds is 5. The van der Waals surface area contributed by atoms with Gasteiger partial charge in [0.15, 0.2) is 0 Å². The minimum atomic E-state index is -0.282. The van der Waals surface area contributed by atoms with Crippen LogP contribution in [0.4, 0.5) is 4.39 Å². The Bertz CT molecular complexity index is 596. The van der Waals surface area contributed by atoms with Crippen LogP contribution in [-0.4, -0.2) is 12.0 Å². The van der Waals surface area contributed by atoms with Crippen LogP contribution in [0.25, 0.3) is 10.6 Å². The fraction of sp³-hybridized carbons (Fsp3) is 0.400. The molecule has 1 aromatic heterocycles. The molecular formula is C15H18ClFN2S. The summed E-state index contributed by atoms with van der Waals surface area (Å²) in [7, 11) is 1.90. The molecule has 0 atom stereocenters. The monoisotopic (exact) mass is 312 g/mol. The molecule has 1 N–H and O–H groups in total. The lowest BCUT2D eigenvalue weighted by atomic mass is 10.1. The number of hydrogen-bond acceptors (Lipinski definition) is 3. The first kappa shape index (κ1) is 15.4. The van der Waals surface area contributed by atoms with Crippen molar-refractivity contribution in [2.75, 3.05) is 7.05 Å². The lowest BCUT2D eigenvalue weighted by Crippen LogP contribution is -2.07. The Labute approximate surface area is 128 Å². The number of halogens is 2. The summed E-state index contributed by atoms with van der Waals surface area (Å²) in [5.41, 5.74) is 1.53. The lowest BCUT2D eigenvalue weighted by molar-refractivity contribution is 0.627. The van der Waals surface area contributed by atoms with Gasteiger partial charge >= 0.3 is 0 Å². The fourth-order valence-corrected chi connectivity index (χ4v) is 3.30. The van der Waals surface area contributed by atoms with Crippen molar-refractivity contribution >= 4 is 22.9 Å². The van der Waals surface area contributed by atoms with Crippen molar-refractivity contribution in [3.05, 3.63) is 39.6 Å². The van der Waals surface area contributed by atoms with Crippen molar-refractivity contribution in [2.45, 2.75) is 26.8 Å². The fourth-order valence-electron chi connectivity index (χ4n) is 2.00. The highest BCUT2D eigenvalue weighted by Crippen LogP contribution is 2.32. The van der Waals surface area contributed by atoms with Crippen LogP contribution in [0, 0.1) is 11.7 Å². The Hall–Kier alpha value is -0.970. The van der Waals surface area contributed by atoms with Crippen LogP contribution in [0.2, 0.25) is 5.02 Å². The second-order valence-corrected chi connectivity index (χ2v) is 6.66. The van der Waals surface area contributed by atoms with E-state index in [2.05, 4.69) is 24.1 Å². The van der Waals surface area contributed by atoms with E-state index in [0.29, 0.717) is 21.5 Å². The zero-order valence-corrected chi connectivity index (χ0v) is 13.4. The topological polar surface area (TPSA) is 24.9 Å². The van der Waals surface area contributed by atoms with Gasteiger partial charge in [-0.2, -0.15) is 0 Å². The number of hydrogen-bond donors (Lipinski definition) is 1. The molecule has 5 heteroatoms. The van der Waals surface area contributed by atoms with Gasteiger partial charge in [-0.3, -0.25) is 0 Å². The zero-order valence-electron chi connectivity index (χ0n) is 11.8. The Balaban J connectivity index is 2.44. The standard InChI is InChI=1S/C15H18ClFN2S/c1-9(2)6-13-14(8-18-3)20-15(19-13)11-7-10(16)4-5-12(11)17/h4-5,7,9,18H,6,8H2,1-3H3. The summed E-state index contributed by atoms with van der Waals surface area (Å²) in [6.45, 7) is 5.06. The van der Waals surface area contributed by atoms with Gasteiger partial charge in [0.2, 0.25) is 0 Å². The first-order valence-corrected chi connectivity index (χ1v) is 7.79. The molecule has 0 aliphatic heterocycles. The summed E-state index contributed by atoms with van der Waals surface area (Å²) in [6.07, 6.45) is 0.899. The highest BCUT2D eigenvalue weighted by molar-refractivity contribution is 7.15. The third-order valence-corrected chi connectivity index (χ3v) is 4.24. The molecule has 0 bridgehead atoms. The number of benzene rings is 1. The van der Waals surface area contributed by atoms with E-state index < -0.39 is 0 Å². The molecule has 0 saturated heterocycles. The number of nitrogens with one attached hydrogen (secondary N) is 1. The van der Waals surface area contributed by atoms with E-state index in [1.165, 1.54) is 17.4 Å². The second-order valence-electron chi connectivity index (χ2n) is 5.14. The summed E-state index contributed by atoms with van der Waals surface area (Å²) < 4.78 is 13.9. The highest BCUT2D eigenvalue weighted by atomic mass is 35.5. The van der Waals surface area contributed by atoms with Gasteiger partial charge in [-0.15, -0.1) is 11.3 Å². The van der Waals surface area contributed by atoms with Crippen LogP contribution in [0.15, 0.2) is 18.2 Å². The van der Waals surface area contributed by atoms with E-state index >= 15 is 0 Å².